The van der Waals surface area contributed by atoms with Crippen LogP contribution in [0.5, 0.6) is 5.88 Å². The second-order valence-electron chi connectivity index (χ2n) is 4.97. The molecule has 2 aromatic heterocycles. The Balaban J connectivity index is 1.68. The predicted molar refractivity (Wildman–Crippen MR) is 81.6 cm³/mol. The molecule has 0 spiro atoms. The van der Waals surface area contributed by atoms with Crippen molar-refractivity contribution in [1.82, 2.24) is 9.97 Å². The largest absolute Gasteiger partial charge is 0.478 e. The van der Waals surface area contributed by atoms with Gasteiger partial charge in [-0.3, -0.25) is 0 Å². The highest BCUT2D eigenvalue weighted by Crippen LogP contribution is 2.30. The van der Waals surface area contributed by atoms with E-state index in [0.29, 0.717) is 18.4 Å². The lowest BCUT2D eigenvalue weighted by Crippen LogP contribution is -2.05. The molecule has 0 radical (unpaired) electrons. The van der Waals surface area contributed by atoms with Gasteiger partial charge in [0.15, 0.2) is 0 Å². The van der Waals surface area contributed by atoms with E-state index in [1.54, 1.807) is 4.88 Å². The highest BCUT2D eigenvalue weighted by Gasteiger charge is 2.14. The maximum absolute atomic E-state index is 5.44. The number of nitrogens with zero attached hydrogens (tertiary/aromatic N) is 2. The van der Waals surface area contributed by atoms with Crippen molar-refractivity contribution in [1.29, 1.82) is 0 Å². The second kappa shape index (κ2) is 5.79. The fraction of sp³-hybridized carbons (Fsp3) is 0.467. The third-order valence-electron chi connectivity index (χ3n) is 3.34. The maximum Gasteiger partial charge on any atom is 0.226 e. The molecule has 1 aliphatic rings. The standard InChI is InChI=1S/C15H19N3OS/c1-3-19-14-7-10(2)17-15(18-14)16-9-12-8-11-5-4-6-13(11)20-12/h7-8H,3-6,9H2,1-2H3,(H,16,17,18). The zero-order valence-corrected chi connectivity index (χ0v) is 12.7. The summed E-state index contributed by atoms with van der Waals surface area (Å²) in [6.07, 6.45) is 3.80. The van der Waals surface area contributed by atoms with E-state index in [4.69, 9.17) is 4.74 Å². The fourth-order valence-corrected chi connectivity index (χ4v) is 3.68. The van der Waals surface area contributed by atoms with E-state index in [1.807, 2.05) is 31.3 Å². The van der Waals surface area contributed by atoms with Crippen molar-refractivity contribution < 1.29 is 4.74 Å². The lowest BCUT2D eigenvalue weighted by Gasteiger charge is -2.07. The summed E-state index contributed by atoms with van der Waals surface area (Å²) >= 11 is 1.91. The fourth-order valence-electron chi connectivity index (χ4n) is 2.48. The lowest BCUT2D eigenvalue weighted by molar-refractivity contribution is 0.326. The molecule has 0 aromatic carbocycles. The molecule has 0 saturated carbocycles. The van der Waals surface area contributed by atoms with E-state index in [9.17, 15) is 0 Å². The van der Waals surface area contributed by atoms with Gasteiger partial charge in [0.05, 0.1) is 13.2 Å². The highest BCUT2D eigenvalue weighted by atomic mass is 32.1. The monoisotopic (exact) mass is 289 g/mol. The van der Waals surface area contributed by atoms with Crippen LogP contribution >= 0.6 is 11.3 Å². The Hall–Kier alpha value is -1.62. The molecular weight excluding hydrogens is 270 g/mol. The summed E-state index contributed by atoms with van der Waals surface area (Å²) in [4.78, 5) is 11.7. The molecule has 0 unspecified atom stereocenters. The van der Waals surface area contributed by atoms with Crippen molar-refractivity contribution in [2.24, 2.45) is 0 Å². The Kier molecular flexibility index (Phi) is 3.87. The molecular formula is C15H19N3OS. The molecule has 0 aliphatic heterocycles. The third kappa shape index (κ3) is 2.93. The van der Waals surface area contributed by atoms with Gasteiger partial charge in [0.25, 0.3) is 0 Å². The van der Waals surface area contributed by atoms with Gasteiger partial charge < -0.3 is 10.1 Å². The Morgan fingerprint density at radius 2 is 2.20 bits per heavy atom. The summed E-state index contributed by atoms with van der Waals surface area (Å²) in [5, 5.41) is 3.30. The summed E-state index contributed by atoms with van der Waals surface area (Å²) in [5.74, 6) is 1.28. The van der Waals surface area contributed by atoms with Gasteiger partial charge >= 0.3 is 0 Å². The van der Waals surface area contributed by atoms with Gasteiger partial charge in [-0.1, -0.05) is 0 Å². The molecule has 0 atom stereocenters. The second-order valence-corrected chi connectivity index (χ2v) is 6.19. The van der Waals surface area contributed by atoms with Gasteiger partial charge in [-0.2, -0.15) is 4.98 Å². The number of anilines is 1. The molecule has 0 saturated heterocycles. The molecule has 0 fully saturated rings. The number of hydrogen-bond acceptors (Lipinski definition) is 5. The maximum atomic E-state index is 5.44. The van der Waals surface area contributed by atoms with E-state index in [1.165, 1.54) is 29.7 Å². The van der Waals surface area contributed by atoms with Gasteiger partial charge in [0, 0.05) is 21.5 Å². The van der Waals surface area contributed by atoms with Crippen LogP contribution in [0, 0.1) is 6.92 Å². The van der Waals surface area contributed by atoms with Crippen molar-refractivity contribution in [2.75, 3.05) is 11.9 Å². The van der Waals surface area contributed by atoms with Gasteiger partial charge in [-0.25, -0.2) is 4.98 Å². The number of hydrogen-bond donors (Lipinski definition) is 1. The first-order valence-electron chi connectivity index (χ1n) is 7.07. The van der Waals surface area contributed by atoms with E-state index >= 15 is 0 Å². The van der Waals surface area contributed by atoms with Gasteiger partial charge in [-0.05, 0) is 44.7 Å². The summed E-state index contributed by atoms with van der Waals surface area (Å²) in [6.45, 7) is 5.31. The number of aryl methyl sites for hydroxylation is 3. The van der Waals surface area contributed by atoms with Crippen molar-refractivity contribution in [3.05, 3.63) is 33.1 Å². The first-order chi connectivity index (χ1) is 9.74. The van der Waals surface area contributed by atoms with Crippen LogP contribution in [-0.4, -0.2) is 16.6 Å². The van der Waals surface area contributed by atoms with Crippen molar-refractivity contribution in [3.8, 4) is 5.88 Å². The first kappa shape index (κ1) is 13.4. The molecule has 2 aromatic rings. The predicted octanol–water partition coefficient (Wildman–Crippen LogP) is 3.35. The zero-order valence-electron chi connectivity index (χ0n) is 11.9. The molecule has 4 nitrogen and oxygen atoms in total. The third-order valence-corrected chi connectivity index (χ3v) is 4.58. The first-order valence-corrected chi connectivity index (χ1v) is 7.89. The van der Waals surface area contributed by atoms with E-state index in [2.05, 4.69) is 21.4 Å². The molecule has 1 N–H and O–H groups in total. The molecule has 106 valence electrons. The van der Waals surface area contributed by atoms with Gasteiger partial charge in [0.2, 0.25) is 11.8 Å². The Labute approximate surface area is 123 Å². The van der Waals surface area contributed by atoms with E-state index in [0.717, 1.165) is 12.2 Å². The van der Waals surface area contributed by atoms with Crippen molar-refractivity contribution in [3.63, 3.8) is 0 Å². The quantitative estimate of drug-likeness (QED) is 0.917. The summed E-state index contributed by atoms with van der Waals surface area (Å²) in [6, 6.07) is 4.17. The topological polar surface area (TPSA) is 47.0 Å². The van der Waals surface area contributed by atoms with Crippen LogP contribution in [-0.2, 0) is 19.4 Å². The molecule has 3 rings (SSSR count). The number of thiophene rings is 1. The summed E-state index contributed by atoms with van der Waals surface area (Å²) < 4.78 is 5.44. The highest BCUT2D eigenvalue weighted by molar-refractivity contribution is 7.12. The van der Waals surface area contributed by atoms with E-state index in [-0.39, 0.29) is 0 Å². The van der Waals surface area contributed by atoms with E-state index < -0.39 is 0 Å². The number of aromatic nitrogens is 2. The van der Waals surface area contributed by atoms with Crippen LogP contribution in [0.2, 0.25) is 0 Å². The molecule has 0 bridgehead atoms. The van der Waals surface area contributed by atoms with Gasteiger partial charge in [0.1, 0.15) is 0 Å². The van der Waals surface area contributed by atoms with Gasteiger partial charge in [-0.15, -0.1) is 11.3 Å². The minimum absolute atomic E-state index is 0.619. The lowest BCUT2D eigenvalue weighted by atomic mass is 10.2. The molecule has 2 heterocycles. The normalized spacial score (nSPS) is 13.3. The smallest absolute Gasteiger partial charge is 0.226 e. The van der Waals surface area contributed by atoms with Crippen LogP contribution in [0.4, 0.5) is 5.95 Å². The van der Waals surface area contributed by atoms with Crippen LogP contribution in [0.3, 0.4) is 0 Å². The van der Waals surface area contributed by atoms with Crippen molar-refractivity contribution >= 4 is 17.3 Å². The minimum Gasteiger partial charge on any atom is -0.478 e. The van der Waals surface area contributed by atoms with Crippen LogP contribution in [0.15, 0.2) is 12.1 Å². The van der Waals surface area contributed by atoms with Crippen LogP contribution in [0.25, 0.3) is 0 Å². The Morgan fingerprint density at radius 1 is 1.30 bits per heavy atom. The average Bonchev–Trinajstić information content (AvgIpc) is 2.96. The number of ether oxygens (including phenoxy) is 1. The molecule has 1 aliphatic carbocycles. The number of fused-ring (bicyclic) bond motifs is 1. The SMILES string of the molecule is CCOc1cc(C)nc(NCc2cc3c(s2)CCC3)n1. The summed E-state index contributed by atoms with van der Waals surface area (Å²) in [5.41, 5.74) is 2.45. The van der Waals surface area contributed by atoms with Crippen LogP contribution < -0.4 is 10.1 Å². The average molecular weight is 289 g/mol. The van der Waals surface area contributed by atoms with Crippen molar-refractivity contribution in [2.45, 2.75) is 39.7 Å². The minimum atomic E-state index is 0.619. The zero-order chi connectivity index (χ0) is 13.9. The Bertz CT molecular complexity index is 588. The van der Waals surface area contributed by atoms with Crippen LogP contribution in [0.1, 0.15) is 34.4 Å². The number of rotatable bonds is 5. The summed E-state index contributed by atoms with van der Waals surface area (Å²) in [7, 11) is 0. The molecule has 5 heteroatoms. The molecule has 0 amide bonds. The Morgan fingerprint density at radius 3 is 3.00 bits per heavy atom. The molecule has 20 heavy (non-hydrogen) atoms. The number of nitrogens with one attached hydrogen (secondary N) is 1.